The maximum atomic E-state index is 13.9. The van der Waals surface area contributed by atoms with Crippen molar-refractivity contribution in [2.45, 2.75) is 25.3 Å². The normalized spacial score (nSPS) is 14.9. The average Bonchev–Trinajstić information content (AvgIpc) is 3.44. The molecule has 1 aliphatic heterocycles. The number of carbonyl (C=O) groups is 1. The van der Waals surface area contributed by atoms with Crippen LogP contribution in [0.2, 0.25) is 0 Å². The van der Waals surface area contributed by atoms with Crippen molar-refractivity contribution < 1.29 is 9.53 Å². The summed E-state index contributed by atoms with van der Waals surface area (Å²) in [7, 11) is 1.67. The molecule has 6 nitrogen and oxygen atoms in total. The van der Waals surface area contributed by atoms with Gasteiger partial charge >= 0.3 is 0 Å². The summed E-state index contributed by atoms with van der Waals surface area (Å²) in [6.45, 7) is 5.10. The van der Waals surface area contributed by atoms with Crippen LogP contribution in [0.1, 0.15) is 46.3 Å². The zero-order valence-electron chi connectivity index (χ0n) is 23.7. The molecule has 1 unspecified atom stereocenters. The van der Waals surface area contributed by atoms with Gasteiger partial charge in [-0.25, -0.2) is 4.98 Å². The van der Waals surface area contributed by atoms with Gasteiger partial charge in [0.2, 0.25) is 5.91 Å². The second kappa shape index (κ2) is 12.0. The van der Waals surface area contributed by atoms with Gasteiger partial charge in [0, 0.05) is 50.9 Å². The average molecular weight is 545 g/mol. The molecule has 208 valence electrons. The van der Waals surface area contributed by atoms with E-state index < -0.39 is 0 Å². The van der Waals surface area contributed by atoms with Crippen molar-refractivity contribution in [1.29, 1.82) is 0 Å². The minimum absolute atomic E-state index is 0.144. The first-order chi connectivity index (χ1) is 20.1. The number of amides is 1. The predicted octanol–water partition coefficient (Wildman–Crippen LogP) is 6.11. The molecule has 6 heteroatoms. The van der Waals surface area contributed by atoms with Gasteiger partial charge in [-0.1, -0.05) is 72.8 Å². The van der Waals surface area contributed by atoms with Gasteiger partial charge in [-0.15, -0.1) is 0 Å². The molecule has 1 aliphatic rings. The third-order valence-corrected chi connectivity index (χ3v) is 8.19. The lowest BCUT2D eigenvalue weighted by Gasteiger charge is -2.40. The van der Waals surface area contributed by atoms with Crippen molar-refractivity contribution in [3.63, 3.8) is 0 Å². The molecule has 0 N–H and O–H groups in total. The second-order valence-corrected chi connectivity index (χ2v) is 10.8. The maximum absolute atomic E-state index is 13.9. The second-order valence-electron chi connectivity index (χ2n) is 10.8. The summed E-state index contributed by atoms with van der Waals surface area (Å²) in [6.07, 6.45) is 4.33. The lowest BCUT2D eigenvalue weighted by Crippen LogP contribution is -2.50. The zero-order chi connectivity index (χ0) is 28.2. The number of hydrogen-bond donors (Lipinski definition) is 0. The van der Waals surface area contributed by atoms with Gasteiger partial charge in [-0.2, -0.15) is 0 Å². The quantitative estimate of drug-likeness (QED) is 0.237. The highest BCUT2D eigenvalue weighted by atomic mass is 16.5. The van der Waals surface area contributed by atoms with Crippen LogP contribution in [0.4, 0.5) is 0 Å². The summed E-state index contributed by atoms with van der Waals surface area (Å²) in [5.74, 6) is 0.802. The number of carbonyl (C=O) groups excluding carboxylic acids is 1. The number of aromatic nitrogens is 2. The first-order valence-corrected chi connectivity index (χ1v) is 14.3. The van der Waals surface area contributed by atoms with Crippen LogP contribution in [-0.2, 0) is 4.79 Å². The molecule has 2 aromatic heterocycles. The van der Waals surface area contributed by atoms with Crippen molar-refractivity contribution in [2.24, 2.45) is 0 Å². The van der Waals surface area contributed by atoms with E-state index in [-0.39, 0.29) is 17.9 Å². The predicted molar refractivity (Wildman–Crippen MR) is 162 cm³/mol. The highest BCUT2D eigenvalue weighted by Gasteiger charge is 2.30. The van der Waals surface area contributed by atoms with E-state index in [0.717, 1.165) is 41.3 Å². The fourth-order valence-electron chi connectivity index (χ4n) is 6.03. The third kappa shape index (κ3) is 5.74. The molecule has 1 amide bonds. The minimum atomic E-state index is -0.144. The Bertz CT molecular complexity index is 1570. The molecule has 0 radical (unpaired) electrons. The van der Waals surface area contributed by atoms with Crippen molar-refractivity contribution in [3.05, 3.63) is 137 Å². The molecule has 41 heavy (non-hydrogen) atoms. The van der Waals surface area contributed by atoms with Crippen molar-refractivity contribution in [3.8, 4) is 5.75 Å². The number of fused-ring (bicyclic) bond motifs is 1. The lowest BCUT2D eigenvalue weighted by atomic mass is 9.91. The van der Waals surface area contributed by atoms with E-state index in [4.69, 9.17) is 4.74 Å². The van der Waals surface area contributed by atoms with Crippen LogP contribution in [-0.4, -0.2) is 58.4 Å². The molecule has 5 aromatic rings. The molecule has 0 bridgehead atoms. The first kappa shape index (κ1) is 26.8. The monoisotopic (exact) mass is 544 g/mol. The van der Waals surface area contributed by atoms with Gasteiger partial charge in [0.1, 0.15) is 11.4 Å². The van der Waals surface area contributed by atoms with Gasteiger partial charge in [-0.05, 0) is 53.4 Å². The summed E-state index contributed by atoms with van der Waals surface area (Å²) in [4.78, 5) is 23.1. The Morgan fingerprint density at radius 3 is 2.15 bits per heavy atom. The molecule has 0 aliphatic carbocycles. The van der Waals surface area contributed by atoms with Crippen LogP contribution in [0.3, 0.4) is 0 Å². The van der Waals surface area contributed by atoms with E-state index in [1.54, 1.807) is 7.11 Å². The zero-order valence-corrected chi connectivity index (χ0v) is 23.7. The standard InChI is InChI=1S/C35H36N4O2/c1-26-16-17-39-32(25-36-33(39)22-26)31(29-14-9-15-30(23-29)41-2)24-34(40)37-18-20-38(21-19-37)35(27-10-5-3-6-11-27)28-12-7-4-8-13-28/h3-17,22-23,25,31,35H,18-21,24H2,1-2H3. The topological polar surface area (TPSA) is 50.1 Å². The Morgan fingerprint density at radius 1 is 0.829 bits per heavy atom. The Balaban J connectivity index is 1.23. The Kier molecular flexibility index (Phi) is 7.83. The number of methoxy groups -OCH3 is 1. The molecule has 3 aromatic carbocycles. The molecule has 1 saturated heterocycles. The molecular weight excluding hydrogens is 508 g/mol. The van der Waals surface area contributed by atoms with Gasteiger partial charge in [0.05, 0.1) is 18.8 Å². The number of aryl methyl sites for hydroxylation is 1. The Labute approximate surface area is 241 Å². The number of benzene rings is 3. The Hall–Kier alpha value is -4.42. The molecule has 1 fully saturated rings. The van der Waals surface area contributed by atoms with Gasteiger partial charge < -0.3 is 14.0 Å². The van der Waals surface area contributed by atoms with Gasteiger partial charge in [0.15, 0.2) is 0 Å². The number of nitrogens with zero attached hydrogens (tertiary/aromatic N) is 4. The molecule has 1 atom stereocenters. The van der Waals surface area contributed by atoms with E-state index >= 15 is 0 Å². The highest BCUT2D eigenvalue weighted by Crippen LogP contribution is 2.33. The number of rotatable bonds is 8. The maximum Gasteiger partial charge on any atom is 0.223 e. The van der Waals surface area contributed by atoms with Crippen LogP contribution < -0.4 is 4.74 Å². The number of piperazine rings is 1. The van der Waals surface area contributed by atoms with E-state index in [9.17, 15) is 4.79 Å². The van der Waals surface area contributed by atoms with Gasteiger partial charge in [0.25, 0.3) is 0 Å². The number of ether oxygens (including phenoxy) is 1. The van der Waals surface area contributed by atoms with Crippen LogP contribution in [0.15, 0.2) is 109 Å². The van der Waals surface area contributed by atoms with Crippen LogP contribution >= 0.6 is 0 Å². The summed E-state index contributed by atoms with van der Waals surface area (Å²) in [5, 5.41) is 0. The highest BCUT2D eigenvalue weighted by molar-refractivity contribution is 5.78. The van der Waals surface area contributed by atoms with E-state index in [0.29, 0.717) is 19.5 Å². The number of imidazole rings is 1. The van der Waals surface area contributed by atoms with Crippen molar-refractivity contribution in [2.75, 3.05) is 33.3 Å². The number of hydrogen-bond acceptors (Lipinski definition) is 4. The summed E-state index contributed by atoms with van der Waals surface area (Å²) < 4.78 is 7.63. The van der Waals surface area contributed by atoms with Crippen LogP contribution in [0.5, 0.6) is 5.75 Å². The molecule has 0 spiro atoms. The largest absolute Gasteiger partial charge is 0.497 e. The smallest absolute Gasteiger partial charge is 0.223 e. The fourth-order valence-corrected chi connectivity index (χ4v) is 6.03. The summed E-state index contributed by atoms with van der Waals surface area (Å²) in [5.41, 5.74) is 6.66. The fraction of sp³-hybridized carbons (Fsp3) is 0.257. The minimum Gasteiger partial charge on any atom is -0.497 e. The van der Waals surface area contributed by atoms with Crippen LogP contribution in [0, 0.1) is 6.92 Å². The van der Waals surface area contributed by atoms with E-state index in [2.05, 4.69) is 106 Å². The summed E-state index contributed by atoms with van der Waals surface area (Å²) in [6, 6.07) is 33.7. The molecule has 3 heterocycles. The molecule has 0 saturated carbocycles. The summed E-state index contributed by atoms with van der Waals surface area (Å²) >= 11 is 0. The van der Waals surface area contributed by atoms with Gasteiger partial charge in [-0.3, -0.25) is 9.69 Å². The first-order valence-electron chi connectivity index (χ1n) is 14.3. The van der Waals surface area contributed by atoms with E-state index in [1.807, 2.05) is 29.3 Å². The third-order valence-electron chi connectivity index (χ3n) is 8.19. The number of pyridine rings is 1. The van der Waals surface area contributed by atoms with E-state index in [1.165, 1.54) is 11.1 Å². The van der Waals surface area contributed by atoms with Crippen molar-refractivity contribution in [1.82, 2.24) is 19.2 Å². The SMILES string of the molecule is COc1cccc(C(CC(=O)N2CCN(C(c3ccccc3)c3ccccc3)CC2)c2cnc3cc(C)ccn23)c1. The lowest BCUT2D eigenvalue weighted by molar-refractivity contribution is -0.133. The molecule has 6 rings (SSSR count). The Morgan fingerprint density at radius 2 is 1.49 bits per heavy atom. The molecular formula is C35H36N4O2. The van der Waals surface area contributed by atoms with Crippen LogP contribution in [0.25, 0.3) is 5.65 Å². The van der Waals surface area contributed by atoms with Crippen molar-refractivity contribution >= 4 is 11.6 Å².